The fourth-order valence-corrected chi connectivity index (χ4v) is 3.87. The minimum absolute atomic E-state index is 0.0885. The van der Waals surface area contributed by atoms with E-state index in [2.05, 4.69) is 36.2 Å². The summed E-state index contributed by atoms with van der Waals surface area (Å²) in [4.78, 5) is 25.3. The molecule has 30 heavy (non-hydrogen) atoms. The second-order valence-electron chi connectivity index (χ2n) is 6.31. The Labute approximate surface area is 177 Å². The van der Waals surface area contributed by atoms with Crippen molar-refractivity contribution in [3.63, 3.8) is 0 Å². The molecule has 3 heterocycles. The summed E-state index contributed by atoms with van der Waals surface area (Å²) in [7, 11) is 0. The maximum absolute atomic E-state index is 11.3. The van der Waals surface area contributed by atoms with E-state index in [-0.39, 0.29) is 17.4 Å². The molecule has 1 atom stereocenters. The standard InChI is InChI=1S/C19H21N7O3S/c1-3-28-18-25-16(20-10-13-5-4-8-29-13)24-17(26-18)22-12-6-7-14-15(9-12)30-19(23-14)21-11(2)27/h4-9,19,23H,3,10H2,1-2H3,(H,21,27)(H2,20,22,24,25,26). The van der Waals surface area contributed by atoms with Crippen molar-refractivity contribution in [3.05, 3.63) is 42.4 Å². The number of benzene rings is 1. The molecule has 1 aliphatic rings. The molecule has 1 unspecified atom stereocenters. The highest BCUT2D eigenvalue weighted by molar-refractivity contribution is 8.00. The Bertz CT molecular complexity index is 1030. The van der Waals surface area contributed by atoms with Gasteiger partial charge in [0.05, 0.1) is 25.1 Å². The van der Waals surface area contributed by atoms with E-state index in [0.29, 0.717) is 25.0 Å². The van der Waals surface area contributed by atoms with E-state index in [4.69, 9.17) is 9.15 Å². The maximum atomic E-state index is 11.3. The molecule has 0 saturated carbocycles. The Hall–Kier alpha value is -3.47. The van der Waals surface area contributed by atoms with Crippen molar-refractivity contribution < 1.29 is 13.9 Å². The summed E-state index contributed by atoms with van der Waals surface area (Å²) in [6, 6.07) is 9.71. The first kappa shape index (κ1) is 19.8. The van der Waals surface area contributed by atoms with E-state index < -0.39 is 0 Å². The van der Waals surface area contributed by atoms with E-state index in [0.717, 1.165) is 22.0 Å². The zero-order valence-electron chi connectivity index (χ0n) is 16.4. The summed E-state index contributed by atoms with van der Waals surface area (Å²) in [6.07, 6.45) is 1.61. The van der Waals surface area contributed by atoms with Crippen LogP contribution in [0.25, 0.3) is 0 Å². The maximum Gasteiger partial charge on any atom is 0.323 e. The Morgan fingerprint density at radius 2 is 2.13 bits per heavy atom. The van der Waals surface area contributed by atoms with Gasteiger partial charge in [-0.15, -0.1) is 0 Å². The molecule has 4 rings (SSSR count). The van der Waals surface area contributed by atoms with E-state index in [1.807, 2.05) is 37.3 Å². The monoisotopic (exact) mass is 427 g/mol. The minimum Gasteiger partial charge on any atom is -0.467 e. The van der Waals surface area contributed by atoms with E-state index in [1.54, 1.807) is 6.26 Å². The van der Waals surface area contributed by atoms with Gasteiger partial charge in [-0.1, -0.05) is 11.8 Å². The van der Waals surface area contributed by atoms with Crippen LogP contribution in [0.2, 0.25) is 0 Å². The molecule has 0 spiro atoms. The molecule has 0 radical (unpaired) electrons. The van der Waals surface area contributed by atoms with Crippen molar-refractivity contribution in [2.45, 2.75) is 30.8 Å². The third-order valence-corrected chi connectivity index (χ3v) is 5.06. The Balaban J connectivity index is 1.49. The number of amides is 1. The molecule has 4 N–H and O–H groups in total. The normalized spacial score (nSPS) is 14.5. The quantitative estimate of drug-likeness (QED) is 0.426. The van der Waals surface area contributed by atoms with Gasteiger partial charge in [0.1, 0.15) is 5.76 Å². The summed E-state index contributed by atoms with van der Waals surface area (Å²) in [5.74, 6) is 1.40. The Morgan fingerprint density at radius 1 is 1.27 bits per heavy atom. The molecule has 11 heteroatoms. The number of nitrogens with one attached hydrogen (secondary N) is 4. The molecule has 3 aromatic rings. The third kappa shape index (κ3) is 4.92. The molecule has 10 nitrogen and oxygen atoms in total. The average molecular weight is 427 g/mol. The number of rotatable bonds is 8. The van der Waals surface area contributed by atoms with Gasteiger partial charge in [0, 0.05) is 17.5 Å². The SMILES string of the molecule is CCOc1nc(NCc2ccco2)nc(Nc2ccc3c(c2)SC(NC(C)=O)N3)n1. The first-order valence-electron chi connectivity index (χ1n) is 9.35. The van der Waals surface area contributed by atoms with Gasteiger partial charge in [-0.05, 0) is 37.3 Å². The summed E-state index contributed by atoms with van der Waals surface area (Å²) >= 11 is 1.53. The Morgan fingerprint density at radius 3 is 2.90 bits per heavy atom. The number of carbonyl (C=O) groups is 1. The van der Waals surface area contributed by atoms with E-state index >= 15 is 0 Å². The minimum atomic E-state index is -0.188. The molecule has 1 amide bonds. The van der Waals surface area contributed by atoms with Crippen LogP contribution in [-0.2, 0) is 11.3 Å². The van der Waals surface area contributed by atoms with Crippen molar-refractivity contribution in [1.29, 1.82) is 0 Å². The van der Waals surface area contributed by atoms with Crippen molar-refractivity contribution in [1.82, 2.24) is 20.3 Å². The lowest BCUT2D eigenvalue weighted by Crippen LogP contribution is -2.33. The van der Waals surface area contributed by atoms with Crippen LogP contribution in [0.5, 0.6) is 6.01 Å². The summed E-state index contributed by atoms with van der Waals surface area (Å²) in [5, 5.41) is 12.4. The number of carbonyl (C=O) groups excluding carboxylic acids is 1. The van der Waals surface area contributed by atoms with Gasteiger partial charge >= 0.3 is 6.01 Å². The lowest BCUT2D eigenvalue weighted by Gasteiger charge is -2.10. The van der Waals surface area contributed by atoms with Crippen LogP contribution in [0.1, 0.15) is 19.6 Å². The first-order chi connectivity index (χ1) is 14.6. The summed E-state index contributed by atoms with van der Waals surface area (Å²) in [6.45, 7) is 4.23. The van der Waals surface area contributed by atoms with Crippen molar-refractivity contribution >= 4 is 40.9 Å². The Kier molecular flexibility index (Phi) is 5.89. The van der Waals surface area contributed by atoms with Crippen LogP contribution >= 0.6 is 11.8 Å². The largest absolute Gasteiger partial charge is 0.467 e. The van der Waals surface area contributed by atoms with E-state index in [1.165, 1.54) is 18.7 Å². The van der Waals surface area contributed by atoms with Gasteiger partial charge in [0.2, 0.25) is 17.8 Å². The van der Waals surface area contributed by atoms with Crippen molar-refractivity contribution in [3.8, 4) is 6.01 Å². The molecule has 1 aliphatic heterocycles. The van der Waals surface area contributed by atoms with Gasteiger partial charge in [-0.25, -0.2) is 0 Å². The number of nitrogens with zero attached hydrogens (tertiary/aromatic N) is 3. The molecule has 1 aromatic carbocycles. The van der Waals surface area contributed by atoms with Crippen molar-refractivity contribution in [2.24, 2.45) is 0 Å². The second-order valence-corrected chi connectivity index (χ2v) is 7.46. The van der Waals surface area contributed by atoms with Gasteiger partial charge in [-0.3, -0.25) is 4.79 Å². The second kappa shape index (κ2) is 8.91. The molecular formula is C19H21N7O3S. The lowest BCUT2D eigenvalue weighted by molar-refractivity contribution is -0.119. The van der Waals surface area contributed by atoms with Gasteiger partial charge in [0.15, 0.2) is 5.50 Å². The van der Waals surface area contributed by atoms with Crippen LogP contribution in [0.4, 0.5) is 23.3 Å². The molecule has 0 saturated heterocycles. The number of ether oxygens (including phenoxy) is 1. The molecule has 156 valence electrons. The number of fused-ring (bicyclic) bond motifs is 1. The van der Waals surface area contributed by atoms with Crippen LogP contribution in [-0.4, -0.2) is 33.0 Å². The zero-order chi connectivity index (χ0) is 20.9. The highest BCUT2D eigenvalue weighted by Crippen LogP contribution is 2.39. The number of thioether (sulfide) groups is 1. The van der Waals surface area contributed by atoms with Crippen LogP contribution in [0.3, 0.4) is 0 Å². The summed E-state index contributed by atoms with van der Waals surface area (Å²) in [5.41, 5.74) is 1.57. The molecule has 0 bridgehead atoms. The lowest BCUT2D eigenvalue weighted by atomic mass is 10.3. The molecular weight excluding hydrogens is 406 g/mol. The van der Waals surface area contributed by atoms with Crippen LogP contribution in [0, 0.1) is 0 Å². The third-order valence-electron chi connectivity index (χ3n) is 3.99. The number of aromatic nitrogens is 3. The van der Waals surface area contributed by atoms with Crippen LogP contribution in [0.15, 0.2) is 45.9 Å². The molecule has 0 fully saturated rings. The first-order valence-corrected chi connectivity index (χ1v) is 10.2. The number of hydrogen-bond donors (Lipinski definition) is 4. The fraction of sp³-hybridized carbons (Fsp3) is 0.263. The number of furan rings is 1. The van der Waals surface area contributed by atoms with Crippen molar-refractivity contribution in [2.75, 3.05) is 22.6 Å². The molecule has 0 aliphatic carbocycles. The zero-order valence-corrected chi connectivity index (χ0v) is 17.2. The van der Waals surface area contributed by atoms with E-state index in [9.17, 15) is 4.79 Å². The average Bonchev–Trinajstić information content (AvgIpc) is 3.35. The van der Waals surface area contributed by atoms with Gasteiger partial charge in [-0.2, -0.15) is 15.0 Å². The fourth-order valence-electron chi connectivity index (χ4n) is 2.76. The number of hydrogen-bond acceptors (Lipinski definition) is 10. The van der Waals surface area contributed by atoms with Gasteiger partial charge < -0.3 is 30.4 Å². The topological polar surface area (TPSA) is 126 Å². The highest BCUT2D eigenvalue weighted by Gasteiger charge is 2.22. The predicted octanol–water partition coefficient (Wildman–Crippen LogP) is 3.16. The highest BCUT2D eigenvalue weighted by atomic mass is 32.2. The van der Waals surface area contributed by atoms with Crippen LogP contribution < -0.4 is 26.0 Å². The number of anilines is 4. The van der Waals surface area contributed by atoms with Gasteiger partial charge in [0.25, 0.3) is 0 Å². The predicted molar refractivity (Wildman–Crippen MR) is 114 cm³/mol. The molecule has 2 aromatic heterocycles. The summed E-state index contributed by atoms with van der Waals surface area (Å²) < 4.78 is 10.8. The smallest absolute Gasteiger partial charge is 0.323 e.